The summed E-state index contributed by atoms with van der Waals surface area (Å²) in [6.45, 7) is 0. The molecule has 2 rings (SSSR count). The number of amides is 2. The van der Waals surface area contributed by atoms with Crippen molar-refractivity contribution in [3.63, 3.8) is 0 Å². The fourth-order valence-corrected chi connectivity index (χ4v) is 1.68. The van der Waals surface area contributed by atoms with Gasteiger partial charge in [-0.1, -0.05) is 6.07 Å². The molecule has 7 heteroatoms. The van der Waals surface area contributed by atoms with Crippen LogP contribution in [0.15, 0.2) is 42.5 Å². The molecular formula is C14H14ClN3O3. The maximum atomic E-state index is 11.7. The van der Waals surface area contributed by atoms with Crippen LogP contribution >= 0.6 is 11.6 Å². The average molecular weight is 308 g/mol. The second-order valence-electron chi connectivity index (χ2n) is 4.44. The lowest BCUT2D eigenvalue weighted by molar-refractivity contribution is -0.608. The van der Waals surface area contributed by atoms with E-state index in [4.69, 9.17) is 16.3 Å². The van der Waals surface area contributed by atoms with Crippen LogP contribution in [0.3, 0.4) is 0 Å². The summed E-state index contributed by atoms with van der Waals surface area (Å²) in [5.74, 6) is 0.469. The Balaban J connectivity index is 2.18. The molecule has 21 heavy (non-hydrogen) atoms. The first-order valence-corrected chi connectivity index (χ1v) is 6.49. The largest absolute Gasteiger partial charge is 0.615 e. The van der Waals surface area contributed by atoms with Crippen molar-refractivity contribution in [2.75, 3.05) is 19.4 Å². The maximum absolute atomic E-state index is 11.7. The number of halogens is 1. The minimum atomic E-state index is -0.256. The molecule has 0 atom stereocenters. The number of hydrogen-bond donors (Lipinski definition) is 1. The lowest BCUT2D eigenvalue weighted by Gasteiger charge is -2.12. The number of aromatic nitrogens is 1. The third-order valence-corrected chi connectivity index (χ3v) is 2.86. The number of carbonyl (C=O) groups is 1. The summed E-state index contributed by atoms with van der Waals surface area (Å²) in [4.78, 5) is 13.0. The summed E-state index contributed by atoms with van der Waals surface area (Å²) >= 11 is 5.72. The molecule has 0 aliphatic carbocycles. The van der Waals surface area contributed by atoms with E-state index < -0.39 is 0 Å². The zero-order valence-corrected chi connectivity index (χ0v) is 12.3. The Morgan fingerprint density at radius 2 is 2.00 bits per heavy atom. The zero-order chi connectivity index (χ0) is 15.4. The van der Waals surface area contributed by atoms with Crippen LogP contribution in [0.1, 0.15) is 0 Å². The predicted molar refractivity (Wildman–Crippen MR) is 79.6 cm³/mol. The van der Waals surface area contributed by atoms with E-state index >= 15 is 0 Å². The van der Waals surface area contributed by atoms with Gasteiger partial charge >= 0.3 is 11.9 Å². The Bertz CT molecular complexity index is 662. The van der Waals surface area contributed by atoms with E-state index in [9.17, 15) is 10.0 Å². The summed E-state index contributed by atoms with van der Waals surface area (Å²) in [7, 11) is 3.28. The van der Waals surface area contributed by atoms with Crippen molar-refractivity contribution in [2.45, 2.75) is 0 Å². The van der Waals surface area contributed by atoms with Crippen molar-refractivity contribution in [3.05, 3.63) is 52.8 Å². The van der Waals surface area contributed by atoms with Crippen LogP contribution in [0.5, 0.6) is 11.6 Å². The summed E-state index contributed by atoms with van der Waals surface area (Å²) in [6.07, 6.45) is 0. The Morgan fingerprint density at radius 3 is 2.71 bits per heavy atom. The number of rotatable bonds is 3. The lowest BCUT2D eigenvalue weighted by Crippen LogP contribution is -2.29. The topological polar surface area (TPSA) is 68.5 Å². The van der Waals surface area contributed by atoms with Gasteiger partial charge in [0.25, 0.3) is 5.15 Å². The summed E-state index contributed by atoms with van der Waals surface area (Å²) in [6, 6.07) is 11.0. The van der Waals surface area contributed by atoms with Gasteiger partial charge in [-0.15, -0.1) is 4.73 Å². The van der Waals surface area contributed by atoms with Crippen LogP contribution in [-0.4, -0.2) is 25.0 Å². The normalized spacial score (nSPS) is 10.0. The van der Waals surface area contributed by atoms with Crippen LogP contribution < -0.4 is 14.8 Å². The Labute approximate surface area is 127 Å². The first-order chi connectivity index (χ1) is 9.97. The van der Waals surface area contributed by atoms with Gasteiger partial charge in [0.05, 0.1) is 6.07 Å². The fraction of sp³-hybridized carbons (Fsp3) is 0.143. The smallest absolute Gasteiger partial charge is 0.386 e. The van der Waals surface area contributed by atoms with Crippen molar-refractivity contribution >= 4 is 23.3 Å². The fourth-order valence-electron chi connectivity index (χ4n) is 1.52. The van der Waals surface area contributed by atoms with Crippen LogP contribution in [-0.2, 0) is 0 Å². The molecule has 0 saturated heterocycles. The van der Waals surface area contributed by atoms with Gasteiger partial charge in [-0.05, 0) is 29.8 Å². The number of nitrogens with zero attached hydrogens (tertiary/aromatic N) is 2. The Morgan fingerprint density at radius 1 is 1.29 bits per heavy atom. The first kappa shape index (κ1) is 14.9. The molecule has 2 amide bonds. The minimum absolute atomic E-state index is 0.0181. The summed E-state index contributed by atoms with van der Waals surface area (Å²) < 4.78 is 5.95. The molecule has 0 bridgehead atoms. The molecule has 1 aromatic carbocycles. The number of carbonyl (C=O) groups excluding carboxylic acids is 1. The van der Waals surface area contributed by atoms with Crippen molar-refractivity contribution in [3.8, 4) is 11.6 Å². The highest BCUT2D eigenvalue weighted by Gasteiger charge is 2.12. The number of pyridine rings is 1. The van der Waals surface area contributed by atoms with E-state index in [-0.39, 0.29) is 17.1 Å². The first-order valence-electron chi connectivity index (χ1n) is 6.11. The van der Waals surface area contributed by atoms with Crippen LogP contribution in [0.25, 0.3) is 0 Å². The SMILES string of the molecule is CN(C)C(=O)Nc1cccc(Oc2cccc(Cl)[n+]2[O-])c1. The minimum Gasteiger partial charge on any atom is -0.615 e. The van der Waals surface area contributed by atoms with Crippen molar-refractivity contribution in [1.82, 2.24) is 4.90 Å². The predicted octanol–water partition coefficient (Wildman–Crippen LogP) is 2.86. The van der Waals surface area contributed by atoms with Gasteiger partial charge in [0.1, 0.15) is 5.75 Å². The number of anilines is 1. The second-order valence-corrected chi connectivity index (χ2v) is 4.82. The standard InChI is InChI=1S/C14H14ClN3O3/c1-17(2)14(19)16-10-5-3-6-11(9-10)21-13-8-4-7-12(15)18(13)20/h3-9H,1-2H3,(H,16,19). The van der Waals surface area contributed by atoms with Gasteiger partial charge in [0, 0.05) is 31.9 Å². The molecule has 1 aromatic heterocycles. The monoisotopic (exact) mass is 307 g/mol. The van der Waals surface area contributed by atoms with E-state index in [1.165, 1.54) is 17.0 Å². The molecule has 1 heterocycles. The van der Waals surface area contributed by atoms with Gasteiger partial charge in [-0.3, -0.25) is 0 Å². The van der Waals surface area contributed by atoms with Crippen LogP contribution in [0, 0.1) is 5.21 Å². The van der Waals surface area contributed by atoms with Crippen molar-refractivity contribution in [1.29, 1.82) is 0 Å². The summed E-state index contributed by atoms with van der Waals surface area (Å²) in [5, 5.41) is 14.4. The number of hydrogen-bond acceptors (Lipinski definition) is 3. The molecular weight excluding hydrogens is 294 g/mol. The van der Waals surface area contributed by atoms with E-state index in [1.807, 2.05) is 0 Å². The quantitative estimate of drug-likeness (QED) is 0.538. The number of nitrogens with one attached hydrogen (secondary N) is 1. The molecule has 1 N–H and O–H groups in total. The number of benzene rings is 1. The third-order valence-electron chi connectivity index (χ3n) is 2.58. The zero-order valence-electron chi connectivity index (χ0n) is 11.5. The molecule has 0 aliphatic heterocycles. The Kier molecular flexibility index (Phi) is 4.49. The Hall–Kier alpha value is -2.47. The summed E-state index contributed by atoms with van der Waals surface area (Å²) in [5.41, 5.74) is 0.561. The number of ether oxygens (including phenoxy) is 1. The molecule has 0 saturated carbocycles. The molecule has 0 fully saturated rings. The molecule has 0 unspecified atom stereocenters. The molecule has 0 spiro atoms. The highest BCUT2D eigenvalue weighted by Crippen LogP contribution is 2.22. The average Bonchev–Trinajstić information content (AvgIpc) is 2.44. The van der Waals surface area contributed by atoms with E-state index in [1.54, 1.807) is 44.4 Å². The third kappa shape index (κ3) is 3.76. The molecule has 2 aromatic rings. The lowest BCUT2D eigenvalue weighted by atomic mass is 10.3. The molecule has 110 valence electrons. The molecule has 0 aliphatic rings. The highest BCUT2D eigenvalue weighted by molar-refractivity contribution is 6.28. The van der Waals surface area contributed by atoms with Crippen LogP contribution in [0.4, 0.5) is 10.5 Å². The van der Waals surface area contributed by atoms with Gasteiger partial charge in [0.2, 0.25) is 0 Å². The molecule has 0 radical (unpaired) electrons. The van der Waals surface area contributed by atoms with Gasteiger partial charge in [-0.2, -0.15) is 0 Å². The second kappa shape index (κ2) is 6.32. The highest BCUT2D eigenvalue weighted by atomic mass is 35.5. The van der Waals surface area contributed by atoms with Gasteiger partial charge in [0.15, 0.2) is 0 Å². The maximum Gasteiger partial charge on any atom is 0.386 e. The number of urea groups is 1. The van der Waals surface area contributed by atoms with Crippen LogP contribution in [0.2, 0.25) is 5.15 Å². The van der Waals surface area contributed by atoms with Crippen molar-refractivity contribution < 1.29 is 14.3 Å². The van der Waals surface area contributed by atoms with Gasteiger partial charge in [-0.25, -0.2) is 4.79 Å². The van der Waals surface area contributed by atoms with Crippen molar-refractivity contribution in [2.24, 2.45) is 0 Å². The molecule has 6 nitrogen and oxygen atoms in total. The van der Waals surface area contributed by atoms with E-state index in [0.29, 0.717) is 16.2 Å². The van der Waals surface area contributed by atoms with E-state index in [0.717, 1.165) is 0 Å². The van der Waals surface area contributed by atoms with E-state index in [2.05, 4.69) is 5.32 Å². The van der Waals surface area contributed by atoms with Gasteiger partial charge < -0.3 is 20.2 Å².